The third kappa shape index (κ3) is 5.85. The van der Waals surface area contributed by atoms with Gasteiger partial charge in [-0.2, -0.15) is 0 Å². The molecule has 0 atom stereocenters. The first-order chi connectivity index (χ1) is 24.4. The Hall–Kier alpha value is -6.30. The lowest BCUT2D eigenvalue weighted by Gasteiger charge is -2.11. The van der Waals surface area contributed by atoms with Gasteiger partial charge in [0.25, 0.3) is 0 Å². The highest BCUT2D eigenvalue weighted by Crippen LogP contribution is 2.35. The van der Waals surface area contributed by atoms with Gasteiger partial charge in [0.2, 0.25) is 0 Å². The van der Waals surface area contributed by atoms with E-state index < -0.39 is 24.1 Å². The van der Waals surface area contributed by atoms with Crippen LogP contribution in [0.2, 0.25) is 0 Å². The second-order valence-corrected chi connectivity index (χ2v) is 10.9. The molecule has 0 saturated heterocycles. The zero-order valence-electron chi connectivity index (χ0n) is 28.1. The fourth-order valence-corrected chi connectivity index (χ4v) is 6.11. The molecule has 0 aliphatic rings. The molecule has 0 bridgehead atoms. The summed E-state index contributed by atoms with van der Waals surface area (Å²) in [4.78, 5) is 53.1. The predicted octanol–water partition coefficient (Wildman–Crippen LogP) is 8.07. The molecule has 4 heterocycles. The SMILES string of the molecule is CCOC(=O)c1[nH]cc2c3ccccc3n(C(=O)OCC)c12.CCOC(=O)c1c2c(cn1-c1ccccc1)c1ccccc1n2C(=O)OCC. The second-order valence-electron chi connectivity index (χ2n) is 10.9. The van der Waals surface area contributed by atoms with E-state index in [1.807, 2.05) is 85.1 Å². The van der Waals surface area contributed by atoms with E-state index in [4.69, 9.17) is 18.9 Å². The predicted molar refractivity (Wildman–Crippen MR) is 189 cm³/mol. The Labute approximate surface area is 286 Å². The Bertz CT molecular complexity index is 2360. The first kappa shape index (κ1) is 33.6. The summed E-state index contributed by atoms with van der Waals surface area (Å²) in [6.07, 6.45) is 2.54. The molecule has 0 saturated carbocycles. The van der Waals surface area contributed by atoms with E-state index in [0.29, 0.717) is 27.8 Å². The molecule has 0 aliphatic carbocycles. The van der Waals surface area contributed by atoms with Crippen LogP contribution >= 0.6 is 0 Å². The minimum atomic E-state index is -0.523. The van der Waals surface area contributed by atoms with Gasteiger partial charge in [0.1, 0.15) is 5.69 Å². The number of ether oxygens (including phenoxy) is 4. The number of carbonyl (C=O) groups excluding carboxylic acids is 4. The molecule has 0 unspecified atom stereocenters. The summed E-state index contributed by atoms with van der Waals surface area (Å²) >= 11 is 0. The summed E-state index contributed by atoms with van der Waals surface area (Å²) in [5.74, 6) is -0.986. The van der Waals surface area contributed by atoms with Gasteiger partial charge in [-0.25, -0.2) is 28.3 Å². The third-order valence-electron chi connectivity index (χ3n) is 8.03. The first-order valence-corrected chi connectivity index (χ1v) is 16.3. The molecule has 7 aromatic rings. The van der Waals surface area contributed by atoms with Gasteiger partial charge < -0.3 is 28.5 Å². The van der Waals surface area contributed by atoms with Crippen molar-refractivity contribution in [2.45, 2.75) is 27.7 Å². The van der Waals surface area contributed by atoms with Gasteiger partial charge in [-0.15, -0.1) is 0 Å². The summed E-state index contributed by atoms with van der Waals surface area (Å²) < 4.78 is 25.4. The molecule has 1 N–H and O–H groups in total. The number of para-hydroxylation sites is 3. The normalized spacial score (nSPS) is 11.0. The molecule has 0 amide bonds. The van der Waals surface area contributed by atoms with Crippen molar-refractivity contribution in [1.82, 2.24) is 18.7 Å². The zero-order chi connectivity index (χ0) is 35.4. The van der Waals surface area contributed by atoms with Crippen LogP contribution in [0, 0.1) is 0 Å². The molecule has 7 rings (SSSR count). The van der Waals surface area contributed by atoms with Gasteiger partial charge in [-0.1, -0.05) is 54.6 Å². The topological polar surface area (TPSA) is 136 Å². The molecular formula is C38H36N4O8. The van der Waals surface area contributed by atoms with Crippen molar-refractivity contribution in [3.8, 4) is 5.69 Å². The molecule has 256 valence electrons. The average Bonchev–Trinajstić information content (AvgIpc) is 3.87. The van der Waals surface area contributed by atoms with Crippen molar-refractivity contribution in [3.05, 3.63) is 103 Å². The summed E-state index contributed by atoms with van der Waals surface area (Å²) in [5, 5.41) is 3.31. The molecule has 50 heavy (non-hydrogen) atoms. The molecule has 3 aromatic carbocycles. The van der Waals surface area contributed by atoms with E-state index in [-0.39, 0.29) is 32.1 Å². The Kier molecular flexibility index (Phi) is 9.70. The van der Waals surface area contributed by atoms with Crippen LogP contribution in [0.4, 0.5) is 9.59 Å². The standard InChI is InChI=1S/C22H20N2O4.C16H16N2O4/c1-3-27-21(25)20-19-17(14-23(20)15-10-6-5-7-11-15)16-12-8-9-13-18(16)24(19)22(26)28-4-2;1-3-21-15(19)13-14-11(9-17-13)10-7-5-6-8-12(10)18(14)16(20)22-4-2/h5-14H,3-4H2,1-2H3;5-9,17H,3-4H2,1-2H3. The third-order valence-corrected chi connectivity index (χ3v) is 8.03. The maximum Gasteiger partial charge on any atom is 0.419 e. The van der Waals surface area contributed by atoms with Crippen molar-refractivity contribution in [1.29, 1.82) is 0 Å². The molecule has 0 aliphatic heterocycles. The maximum absolute atomic E-state index is 12.9. The van der Waals surface area contributed by atoms with Crippen LogP contribution in [0.3, 0.4) is 0 Å². The Morgan fingerprint density at radius 1 is 0.560 bits per heavy atom. The van der Waals surface area contributed by atoms with Crippen LogP contribution in [0.5, 0.6) is 0 Å². The van der Waals surface area contributed by atoms with E-state index in [1.54, 1.807) is 38.5 Å². The van der Waals surface area contributed by atoms with Crippen LogP contribution in [0.25, 0.3) is 49.3 Å². The van der Waals surface area contributed by atoms with Gasteiger partial charge in [0.15, 0.2) is 5.69 Å². The van der Waals surface area contributed by atoms with E-state index in [9.17, 15) is 19.2 Å². The van der Waals surface area contributed by atoms with Crippen LogP contribution < -0.4 is 0 Å². The van der Waals surface area contributed by atoms with Crippen molar-refractivity contribution >= 4 is 67.7 Å². The Morgan fingerprint density at radius 2 is 1.06 bits per heavy atom. The number of aromatic amines is 1. The molecule has 4 aromatic heterocycles. The van der Waals surface area contributed by atoms with E-state index in [0.717, 1.165) is 27.2 Å². The first-order valence-electron chi connectivity index (χ1n) is 16.3. The highest BCUT2D eigenvalue weighted by Gasteiger charge is 2.28. The van der Waals surface area contributed by atoms with Crippen LogP contribution in [0.1, 0.15) is 48.7 Å². The fourth-order valence-electron chi connectivity index (χ4n) is 6.11. The highest BCUT2D eigenvalue weighted by atomic mass is 16.6. The lowest BCUT2D eigenvalue weighted by molar-refractivity contribution is 0.0511. The minimum Gasteiger partial charge on any atom is -0.461 e. The minimum absolute atomic E-state index is 0.236. The number of benzene rings is 3. The fraction of sp³-hybridized carbons (Fsp3) is 0.211. The van der Waals surface area contributed by atoms with Crippen molar-refractivity contribution in [3.63, 3.8) is 0 Å². The summed E-state index contributed by atoms with van der Waals surface area (Å²) in [7, 11) is 0. The zero-order valence-corrected chi connectivity index (χ0v) is 28.1. The number of nitrogens with zero attached hydrogens (tertiary/aromatic N) is 3. The summed E-state index contributed by atoms with van der Waals surface area (Å²) in [5.41, 5.74) is 3.72. The largest absolute Gasteiger partial charge is 0.461 e. The number of carbonyl (C=O) groups is 4. The lowest BCUT2D eigenvalue weighted by atomic mass is 10.2. The van der Waals surface area contributed by atoms with Gasteiger partial charge >= 0.3 is 24.1 Å². The molecule has 0 fully saturated rings. The smallest absolute Gasteiger partial charge is 0.419 e. The van der Waals surface area contributed by atoms with Crippen LogP contribution in [-0.4, -0.2) is 69.2 Å². The Balaban J connectivity index is 0.000000178. The average molecular weight is 677 g/mol. The van der Waals surface area contributed by atoms with E-state index >= 15 is 0 Å². The van der Waals surface area contributed by atoms with E-state index in [2.05, 4.69) is 4.98 Å². The van der Waals surface area contributed by atoms with Gasteiger partial charge in [0.05, 0.1) is 48.5 Å². The van der Waals surface area contributed by atoms with Crippen LogP contribution in [0.15, 0.2) is 91.3 Å². The van der Waals surface area contributed by atoms with E-state index in [1.165, 1.54) is 9.13 Å². The van der Waals surface area contributed by atoms with Crippen molar-refractivity contribution in [2.24, 2.45) is 0 Å². The quantitative estimate of drug-likeness (QED) is 0.132. The van der Waals surface area contributed by atoms with Crippen molar-refractivity contribution < 1.29 is 38.1 Å². The van der Waals surface area contributed by atoms with Crippen LogP contribution in [-0.2, 0) is 18.9 Å². The molecule has 0 radical (unpaired) electrons. The molecular weight excluding hydrogens is 640 g/mol. The monoisotopic (exact) mass is 676 g/mol. The van der Waals surface area contributed by atoms with Gasteiger partial charge in [0, 0.05) is 39.6 Å². The summed E-state index contributed by atoms with van der Waals surface area (Å²) in [6, 6.07) is 24.5. The van der Waals surface area contributed by atoms with Gasteiger partial charge in [-0.3, -0.25) is 0 Å². The summed E-state index contributed by atoms with van der Waals surface area (Å²) in [6.45, 7) is 7.98. The molecule has 0 spiro atoms. The number of aromatic nitrogens is 4. The number of esters is 2. The molecule has 12 heteroatoms. The number of H-pyrrole nitrogens is 1. The number of rotatable bonds is 7. The molecule has 12 nitrogen and oxygen atoms in total. The lowest BCUT2D eigenvalue weighted by Crippen LogP contribution is -2.17. The number of hydrogen-bond donors (Lipinski definition) is 1. The number of hydrogen-bond acceptors (Lipinski definition) is 8. The van der Waals surface area contributed by atoms with Crippen molar-refractivity contribution in [2.75, 3.05) is 26.4 Å². The second kappa shape index (κ2) is 14.4. The highest BCUT2D eigenvalue weighted by molar-refractivity contribution is 6.19. The van der Waals surface area contributed by atoms with Gasteiger partial charge in [-0.05, 0) is 52.0 Å². The number of fused-ring (bicyclic) bond motifs is 6. The maximum atomic E-state index is 12.9. The number of nitrogens with one attached hydrogen (secondary N) is 1. The Morgan fingerprint density at radius 3 is 1.64 bits per heavy atom.